The highest BCUT2D eigenvalue weighted by Crippen LogP contribution is 2.39. The number of carbonyl (C=O) groups excluding carboxylic acids is 1. The minimum absolute atomic E-state index is 0.0000463. The Morgan fingerprint density at radius 1 is 1.50 bits per heavy atom. The standard InChI is InChI=1S/C14H23N3O/c1-11-4-3-7-17(8-11)9-13(18)16-14(2,10-15)12-5-6-12/h11-12H,3-9H2,1-2H3,(H,16,18)/t11-,14+/m0/s1. The van der Waals surface area contributed by atoms with Crippen LogP contribution in [0.3, 0.4) is 0 Å². The molecule has 1 amide bonds. The first-order chi connectivity index (χ1) is 8.53. The van der Waals surface area contributed by atoms with Gasteiger partial charge >= 0.3 is 0 Å². The van der Waals surface area contributed by atoms with Crippen LogP contribution in [-0.4, -0.2) is 36.0 Å². The number of hydrogen-bond acceptors (Lipinski definition) is 3. The summed E-state index contributed by atoms with van der Waals surface area (Å²) in [7, 11) is 0. The Bertz CT molecular complexity index is 359. The highest BCUT2D eigenvalue weighted by atomic mass is 16.2. The summed E-state index contributed by atoms with van der Waals surface area (Å²) >= 11 is 0. The van der Waals surface area contributed by atoms with Crippen molar-refractivity contribution in [1.29, 1.82) is 5.26 Å². The molecule has 1 aliphatic heterocycles. The van der Waals surface area contributed by atoms with Crippen LogP contribution in [-0.2, 0) is 4.79 Å². The highest BCUT2D eigenvalue weighted by molar-refractivity contribution is 5.79. The molecule has 0 radical (unpaired) electrons. The molecule has 0 aromatic rings. The van der Waals surface area contributed by atoms with Crippen LogP contribution in [0, 0.1) is 23.2 Å². The number of nitriles is 1. The largest absolute Gasteiger partial charge is 0.337 e. The van der Waals surface area contributed by atoms with E-state index in [9.17, 15) is 10.1 Å². The summed E-state index contributed by atoms with van der Waals surface area (Å²) in [5.41, 5.74) is -0.654. The normalized spacial score (nSPS) is 28.2. The fourth-order valence-corrected chi connectivity index (χ4v) is 2.84. The van der Waals surface area contributed by atoms with E-state index in [2.05, 4.69) is 23.2 Å². The predicted octanol–water partition coefficient (Wildman–Crippen LogP) is 1.53. The molecule has 0 aromatic carbocycles. The second kappa shape index (κ2) is 5.27. The minimum Gasteiger partial charge on any atom is -0.337 e. The van der Waals surface area contributed by atoms with Gasteiger partial charge in [-0.05, 0) is 51.0 Å². The van der Waals surface area contributed by atoms with E-state index in [4.69, 9.17) is 0 Å². The molecule has 4 heteroatoms. The molecule has 1 aliphatic carbocycles. The van der Waals surface area contributed by atoms with Crippen LogP contribution < -0.4 is 5.32 Å². The fraction of sp³-hybridized carbons (Fsp3) is 0.857. The third-order valence-electron chi connectivity index (χ3n) is 4.13. The van der Waals surface area contributed by atoms with Gasteiger partial charge in [0, 0.05) is 6.54 Å². The van der Waals surface area contributed by atoms with Gasteiger partial charge in [-0.15, -0.1) is 0 Å². The molecular formula is C14H23N3O. The third-order valence-corrected chi connectivity index (χ3v) is 4.13. The molecule has 1 N–H and O–H groups in total. The monoisotopic (exact) mass is 249 g/mol. The van der Waals surface area contributed by atoms with Crippen molar-refractivity contribution >= 4 is 5.91 Å². The molecule has 2 fully saturated rings. The van der Waals surface area contributed by atoms with E-state index in [-0.39, 0.29) is 5.91 Å². The molecular weight excluding hydrogens is 226 g/mol. The summed E-state index contributed by atoms with van der Waals surface area (Å²) in [6, 6.07) is 2.27. The Hall–Kier alpha value is -1.08. The summed E-state index contributed by atoms with van der Waals surface area (Å²) in [6.07, 6.45) is 4.55. The predicted molar refractivity (Wildman–Crippen MR) is 69.7 cm³/mol. The first-order valence-electron chi connectivity index (χ1n) is 6.98. The zero-order valence-electron chi connectivity index (χ0n) is 11.4. The van der Waals surface area contributed by atoms with Crippen molar-refractivity contribution in [2.24, 2.45) is 11.8 Å². The molecule has 0 unspecified atom stereocenters. The second-order valence-corrected chi connectivity index (χ2v) is 6.12. The molecule has 0 spiro atoms. The van der Waals surface area contributed by atoms with E-state index in [0.717, 1.165) is 25.9 Å². The van der Waals surface area contributed by atoms with Crippen LogP contribution in [0.25, 0.3) is 0 Å². The number of amides is 1. The lowest BCUT2D eigenvalue weighted by atomic mass is 9.97. The van der Waals surface area contributed by atoms with Crippen LogP contribution in [0.4, 0.5) is 0 Å². The molecule has 1 saturated carbocycles. The average molecular weight is 249 g/mol. The van der Waals surface area contributed by atoms with Crippen LogP contribution >= 0.6 is 0 Å². The number of piperidine rings is 1. The maximum atomic E-state index is 12.0. The lowest BCUT2D eigenvalue weighted by Gasteiger charge is -2.31. The highest BCUT2D eigenvalue weighted by Gasteiger charge is 2.43. The lowest BCUT2D eigenvalue weighted by molar-refractivity contribution is -0.124. The van der Waals surface area contributed by atoms with Crippen molar-refractivity contribution in [2.75, 3.05) is 19.6 Å². The molecule has 0 bridgehead atoms. The summed E-state index contributed by atoms with van der Waals surface area (Å²) in [5, 5.41) is 12.1. The van der Waals surface area contributed by atoms with Gasteiger partial charge in [-0.1, -0.05) is 6.92 Å². The van der Waals surface area contributed by atoms with Crippen molar-refractivity contribution in [3.63, 3.8) is 0 Å². The van der Waals surface area contributed by atoms with Crippen LogP contribution in [0.2, 0.25) is 0 Å². The molecule has 18 heavy (non-hydrogen) atoms. The van der Waals surface area contributed by atoms with E-state index in [1.165, 1.54) is 12.8 Å². The Morgan fingerprint density at radius 3 is 2.78 bits per heavy atom. The second-order valence-electron chi connectivity index (χ2n) is 6.12. The molecule has 1 heterocycles. The minimum atomic E-state index is -0.654. The van der Waals surface area contributed by atoms with Gasteiger partial charge in [-0.3, -0.25) is 9.69 Å². The summed E-state index contributed by atoms with van der Waals surface area (Å²) < 4.78 is 0. The zero-order chi connectivity index (χ0) is 13.2. The van der Waals surface area contributed by atoms with E-state index >= 15 is 0 Å². The Kier molecular flexibility index (Phi) is 3.91. The smallest absolute Gasteiger partial charge is 0.235 e. The van der Waals surface area contributed by atoms with Crippen LogP contribution in [0.15, 0.2) is 0 Å². The number of hydrogen-bond donors (Lipinski definition) is 1. The maximum Gasteiger partial charge on any atom is 0.235 e. The van der Waals surface area contributed by atoms with E-state index < -0.39 is 5.54 Å². The summed E-state index contributed by atoms with van der Waals surface area (Å²) in [5.74, 6) is 1.03. The van der Waals surface area contributed by atoms with Gasteiger partial charge in [0.2, 0.25) is 5.91 Å². The van der Waals surface area contributed by atoms with Crippen molar-refractivity contribution in [3.8, 4) is 6.07 Å². The van der Waals surface area contributed by atoms with Gasteiger partial charge < -0.3 is 5.32 Å². The quantitative estimate of drug-likeness (QED) is 0.822. The fourth-order valence-electron chi connectivity index (χ4n) is 2.84. The molecule has 2 rings (SSSR count). The number of carbonyl (C=O) groups is 1. The topological polar surface area (TPSA) is 56.1 Å². The summed E-state index contributed by atoms with van der Waals surface area (Å²) in [6.45, 7) is 6.52. The Morgan fingerprint density at radius 2 is 2.22 bits per heavy atom. The van der Waals surface area contributed by atoms with Crippen LogP contribution in [0.5, 0.6) is 0 Å². The Balaban J connectivity index is 1.83. The van der Waals surface area contributed by atoms with Gasteiger partial charge in [0.05, 0.1) is 12.6 Å². The number of rotatable bonds is 4. The molecule has 100 valence electrons. The number of likely N-dealkylation sites (tertiary alicyclic amines) is 1. The van der Waals surface area contributed by atoms with E-state index in [0.29, 0.717) is 18.4 Å². The van der Waals surface area contributed by atoms with Gasteiger partial charge in [-0.25, -0.2) is 0 Å². The lowest BCUT2D eigenvalue weighted by Crippen LogP contribution is -2.51. The van der Waals surface area contributed by atoms with Crippen LogP contribution in [0.1, 0.15) is 39.5 Å². The van der Waals surface area contributed by atoms with Gasteiger partial charge in [0.1, 0.15) is 5.54 Å². The van der Waals surface area contributed by atoms with E-state index in [1.54, 1.807) is 0 Å². The van der Waals surface area contributed by atoms with Crippen molar-refractivity contribution in [3.05, 3.63) is 0 Å². The van der Waals surface area contributed by atoms with Gasteiger partial charge in [-0.2, -0.15) is 5.26 Å². The average Bonchev–Trinajstić information content (AvgIpc) is 3.12. The third kappa shape index (κ3) is 3.23. The summed E-state index contributed by atoms with van der Waals surface area (Å²) in [4.78, 5) is 14.2. The van der Waals surface area contributed by atoms with Gasteiger partial charge in [0.15, 0.2) is 0 Å². The number of nitrogens with zero attached hydrogens (tertiary/aromatic N) is 2. The molecule has 2 atom stereocenters. The van der Waals surface area contributed by atoms with Crippen molar-refractivity contribution < 1.29 is 4.79 Å². The number of nitrogens with one attached hydrogen (secondary N) is 1. The Labute approximate surface area is 109 Å². The first kappa shape index (κ1) is 13.4. The maximum absolute atomic E-state index is 12.0. The zero-order valence-corrected chi connectivity index (χ0v) is 11.4. The molecule has 0 aromatic heterocycles. The van der Waals surface area contributed by atoms with Gasteiger partial charge in [0.25, 0.3) is 0 Å². The molecule has 2 aliphatic rings. The first-order valence-corrected chi connectivity index (χ1v) is 6.98. The molecule has 1 saturated heterocycles. The van der Waals surface area contributed by atoms with E-state index in [1.807, 2.05) is 6.92 Å². The molecule has 4 nitrogen and oxygen atoms in total. The van der Waals surface area contributed by atoms with Crippen molar-refractivity contribution in [2.45, 2.75) is 45.1 Å². The SMILES string of the molecule is C[C@H]1CCCN(CC(=O)N[C@](C)(C#N)C2CC2)C1. The van der Waals surface area contributed by atoms with Crippen molar-refractivity contribution in [1.82, 2.24) is 10.2 Å².